The Balaban J connectivity index is 2.72. The van der Waals surface area contributed by atoms with Crippen LogP contribution >= 0.6 is 0 Å². The number of halogens is 3. The third-order valence-corrected chi connectivity index (χ3v) is 4.22. The SMILES string of the molecule is CCCN(CC(F)(F)F)CC1(CNC)CCCCCC1. The van der Waals surface area contributed by atoms with Crippen LogP contribution < -0.4 is 5.32 Å². The zero-order valence-corrected chi connectivity index (χ0v) is 12.9. The van der Waals surface area contributed by atoms with E-state index in [4.69, 9.17) is 0 Å². The lowest BCUT2D eigenvalue weighted by molar-refractivity contribution is -0.149. The molecule has 1 aliphatic rings. The van der Waals surface area contributed by atoms with Crippen LogP contribution in [0, 0.1) is 5.41 Å². The maximum Gasteiger partial charge on any atom is 0.401 e. The van der Waals surface area contributed by atoms with Gasteiger partial charge in [-0.2, -0.15) is 13.2 Å². The molecule has 1 saturated carbocycles. The van der Waals surface area contributed by atoms with Crippen molar-refractivity contribution in [3.63, 3.8) is 0 Å². The van der Waals surface area contributed by atoms with Crippen molar-refractivity contribution < 1.29 is 13.2 Å². The Morgan fingerprint density at radius 3 is 2.15 bits per heavy atom. The number of nitrogens with one attached hydrogen (secondary N) is 1. The van der Waals surface area contributed by atoms with Crippen LogP contribution in [0.4, 0.5) is 13.2 Å². The van der Waals surface area contributed by atoms with E-state index < -0.39 is 12.7 Å². The van der Waals surface area contributed by atoms with Gasteiger partial charge < -0.3 is 5.32 Å². The van der Waals surface area contributed by atoms with Gasteiger partial charge in [-0.05, 0) is 38.3 Å². The standard InChI is InChI=1S/C15H29F3N2/c1-3-10-20(13-15(16,17)18)12-14(11-19-2)8-6-4-5-7-9-14/h19H,3-13H2,1-2H3. The monoisotopic (exact) mass is 294 g/mol. The zero-order valence-electron chi connectivity index (χ0n) is 12.9. The molecule has 0 atom stereocenters. The second kappa shape index (κ2) is 8.23. The van der Waals surface area contributed by atoms with Gasteiger partial charge in [0.15, 0.2) is 0 Å². The minimum absolute atomic E-state index is 0.0195. The fourth-order valence-corrected chi connectivity index (χ4v) is 3.50. The summed E-state index contributed by atoms with van der Waals surface area (Å²) in [6.45, 7) is 3.10. The van der Waals surface area contributed by atoms with E-state index >= 15 is 0 Å². The third kappa shape index (κ3) is 6.44. The highest BCUT2D eigenvalue weighted by Gasteiger charge is 2.36. The zero-order chi connectivity index (χ0) is 15.1. The van der Waals surface area contributed by atoms with Crippen molar-refractivity contribution >= 4 is 0 Å². The molecule has 0 bridgehead atoms. The Hall–Kier alpha value is -0.290. The minimum Gasteiger partial charge on any atom is -0.319 e. The van der Waals surface area contributed by atoms with E-state index in [1.165, 1.54) is 12.8 Å². The Kier molecular flexibility index (Phi) is 7.30. The van der Waals surface area contributed by atoms with Crippen molar-refractivity contribution in [1.82, 2.24) is 10.2 Å². The molecule has 1 aliphatic carbocycles. The van der Waals surface area contributed by atoms with Gasteiger partial charge in [-0.3, -0.25) is 4.90 Å². The molecule has 0 saturated heterocycles. The van der Waals surface area contributed by atoms with Gasteiger partial charge in [0, 0.05) is 13.1 Å². The fourth-order valence-electron chi connectivity index (χ4n) is 3.50. The molecular weight excluding hydrogens is 265 g/mol. The summed E-state index contributed by atoms with van der Waals surface area (Å²) in [6, 6.07) is 0. The number of hydrogen-bond donors (Lipinski definition) is 1. The predicted octanol–water partition coefficient (Wildman–Crippen LogP) is 3.82. The normalized spacial score (nSPS) is 20.1. The van der Waals surface area contributed by atoms with Crippen LogP contribution in [0.1, 0.15) is 51.9 Å². The molecule has 0 aromatic heterocycles. The van der Waals surface area contributed by atoms with Gasteiger partial charge in [0.25, 0.3) is 0 Å². The Morgan fingerprint density at radius 1 is 1.10 bits per heavy atom. The van der Waals surface area contributed by atoms with E-state index in [1.54, 1.807) is 4.90 Å². The van der Waals surface area contributed by atoms with Gasteiger partial charge in [0.1, 0.15) is 0 Å². The lowest BCUT2D eigenvalue weighted by Gasteiger charge is -2.38. The molecule has 0 unspecified atom stereocenters. The van der Waals surface area contributed by atoms with Crippen molar-refractivity contribution in [1.29, 1.82) is 0 Å². The summed E-state index contributed by atoms with van der Waals surface area (Å²) in [7, 11) is 1.90. The van der Waals surface area contributed by atoms with Crippen molar-refractivity contribution in [2.24, 2.45) is 5.41 Å². The first-order chi connectivity index (χ1) is 9.41. The lowest BCUT2D eigenvalue weighted by Crippen LogP contribution is -2.46. The topological polar surface area (TPSA) is 15.3 Å². The van der Waals surface area contributed by atoms with E-state index in [1.807, 2.05) is 14.0 Å². The van der Waals surface area contributed by atoms with Crippen LogP contribution in [0.15, 0.2) is 0 Å². The van der Waals surface area contributed by atoms with Crippen molar-refractivity contribution in [3.05, 3.63) is 0 Å². The third-order valence-electron chi connectivity index (χ3n) is 4.22. The molecule has 2 nitrogen and oxygen atoms in total. The van der Waals surface area contributed by atoms with E-state index in [9.17, 15) is 13.2 Å². The maximum absolute atomic E-state index is 12.7. The maximum atomic E-state index is 12.7. The summed E-state index contributed by atoms with van der Waals surface area (Å²) in [5.41, 5.74) is 0.0195. The van der Waals surface area contributed by atoms with Crippen LogP contribution in [0.2, 0.25) is 0 Å². The lowest BCUT2D eigenvalue weighted by atomic mass is 9.79. The first-order valence-electron chi connectivity index (χ1n) is 7.84. The van der Waals surface area contributed by atoms with Crippen molar-refractivity contribution in [3.8, 4) is 0 Å². The Bertz CT molecular complexity index is 258. The molecule has 1 N–H and O–H groups in total. The molecule has 0 aliphatic heterocycles. The van der Waals surface area contributed by atoms with Crippen molar-refractivity contribution in [2.75, 3.05) is 33.2 Å². The summed E-state index contributed by atoms with van der Waals surface area (Å²) in [5.74, 6) is 0. The summed E-state index contributed by atoms with van der Waals surface area (Å²) in [4.78, 5) is 1.61. The molecule has 0 aromatic carbocycles. The average molecular weight is 294 g/mol. The molecule has 0 radical (unpaired) electrons. The number of alkyl halides is 3. The van der Waals surface area contributed by atoms with Crippen LogP contribution in [0.25, 0.3) is 0 Å². The van der Waals surface area contributed by atoms with Crippen LogP contribution in [-0.4, -0.2) is 44.3 Å². The molecule has 0 aromatic rings. The molecule has 0 spiro atoms. The molecule has 20 heavy (non-hydrogen) atoms. The summed E-state index contributed by atoms with van der Waals surface area (Å²) in [5, 5.41) is 3.21. The smallest absolute Gasteiger partial charge is 0.319 e. The first-order valence-corrected chi connectivity index (χ1v) is 7.84. The Labute approximate surface area is 121 Å². The van der Waals surface area contributed by atoms with Gasteiger partial charge in [-0.25, -0.2) is 0 Å². The first kappa shape index (κ1) is 17.8. The number of hydrogen-bond acceptors (Lipinski definition) is 2. The van der Waals surface area contributed by atoms with Gasteiger partial charge in [0.05, 0.1) is 6.54 Å². The van der Waals surface area contributed by atoms with Crippen LogP contribution in [-0.2, 0) is 0 Å². The summed E-state index contributed by atoms with van der Waals surface area (Å²) in [6.07, 6.45) is 3.50. The number of nitrogens with zero attached hydrogens (tertiary/aromatic N) is 1. The summed E-state index contributed by atoms with van der Waals surface area (Å²) >= 11 is 0. The highest BCUT2D eigenvalue weighted by molar-refractivity contribution is 4.87. The highest BCUT2D eigenvalue weighted by Crippen LogP contribution is 2.36. The minimum atomic E-state index is -4.10. The molecule has 1 rings (SSSR count). The Morgan fingerprint density at radius 2 is 1.70 bits per heavy atom. The molecule has 1 fully saturated rings. The van der Waals surface area contributed by atoms with E-state index in [-0.39, 0.29) is 5.41 Å². The van der Waals surface area contributed by atoms with E-state index in [2.05, 4.69) is 5.32 Å². The van der Waals surface area contributed by atoms with E-state index in [0.717, 1.165) is 38.6 Å². The molecule has 0 amide bonds. The van der Waals surface area contributed by atoms with Gasteiger partial charge in [-0.15, -0.1) is 0 Å². The highest BCUT2D eigenvalue weighted by atomic mass is 19.4. The molecule has 0 heterocycles. The fraction of sp³-hybridized carbons (Fsp3) is 1.00. The molecule has 120 valence electrons. The van der Waals surface area contributed by atoms with Crippen LogP contribution in [0.5, 0.6) is 0 Å². The van der Waals surface area contributed by atoms with Crippen LogP contribution in [0.3, 0.4) is 0 Å². The van der Waals surface area contributed by atoms with Crippen molar-refractivity contribution in [2.45, 2.75) is 58.0 Å². The van der Waals surface area contributed by atoms with Gasteiger partial charge >= 0.3 is 6.18 Å². The second-order valence-electron chi connectivity index (χ2n) is 6.27. The second-order valence-corrected chi connectivity index (χ2v) is 6.27. The average Bonchev–Trinajstić information content (AvgIpc) is 2.53. The predicted molar refractivity (Wildman–Crippen MR) is 76.8 cm³/mol. The molecule has 5 heteroatoms. The summed E-state index contributed by atoms with van der Waals surface area (Å²) < 4.78 is 38.2. The molecular formula is C15H29F3N2. The van der Waals surface area contributed by atoms with E-state index in [0.29, 0.717) is 13.1 Å². The number of rotatable bonds is 7. The van der Waals surface area contributed by atoms with Gasteiger partial charge in [-0.1, -0.05) is 32.6 Å². The van der Waals surface area contributed by atoms with Gasteiger partial charge in [0.2, 0.25) is 0 Å². The largest absolute Gasteiger partial charge is 0.401 e. The quantitative estimate of drug-likeness (QED) is 0.718.